The van der Waals surface area contributed by atoms with E-state index in [0.29, 0.717) is 26.2 Å². The number of nitro benzene ring substituents is 2. The van der Waals surface area contributed by atoms with Crippen molar-refractivity contribution in [3.8, 4) is 0 Å². The van der Waals surface area contributed by atoms with Gasteiger partial charge in [0.05, 0.1) is 22.0 Å². The number of nitrogens with zero attached hydrogens (tertiary/aromatic N) is 4. The van der Waals surface area contributed by atoms with Crippen LogP contribution in [0.1, 0.15) is 17.3 Å². The number of piperazine rings is 1. The van der Waals surface area contributed by atoms with E-state index < -0.39 is 27.2 Å². The van der Waals surface area contributed by atoms with Crippen LogP contribution in [0.4, 0.5) is 22.7 Å². The summed E-state index contributed by atoms with van der Waals surface area (Å²) < 4.78 is 4.84. The van der Waals surface area contributed by atoms with Gasteiger partial charge in [-0.15, -0.1) is 0 Å². The lowest BCUT2D eigenvalue weighted by atomic mass is 10.1. The maximum Gasteiger partial charge on any atom is 0.338 e. The van der Waals surface area contributed by atoms with E-state index in [4.69, 9.17) is 4.74 Å². The van der Waals surface area contributed by atoms with Crippen LogP contribution < -0.4 is 9.80 Å². The van der Waals surface area contributed by atoms with Crippen molar-refractivity contribution in [2.75, 3.05) is 42.6 Å². The predicted octanol–water partition coefficient (Wildman–Crippen LogP) is 3.01. The zero-order chi connectivity index (χ0) is 21.0. The van der Waals surface area contributed by atoms with Gasteiger partial charge < -0.3 is 14.5 Å². The minimum absolute atomic E-state index is 0.0592. The van der Waals surface area contributed by atoms with Gasteiger partial charge in [-0.05, 0) is 19.1 Å². The zero-order valence-electron chi connectivity index (χ0n) is 15.8. The first kappa shape index (κ1) is 20.1. The number of hydrogen-bond donors (Lipinski definition) is 0. The molecule has 2 aromatic rings. The van der Waals surface area contributed by atoms with E-state index in [2.05, 4.69) is 4.90 Å². The van der Waals surface area contributed by atoms with Crippen LogP contribution in [0.25, 0.3) is 0 Å². The van der Waals surface area contributed by atoms with Gasteiger partial charge in [0, 0.05) is 44.0 Å². The maximum absolute atomic E-state index is 12.0. The smallest absolute Gasteiger partial charge is 0.338 e. The van der Waals surface area contributed by atoms with E-state index in [1.54, 1.807) is 11.8 Å². The molecule has 10 heteroatoms. The molecule has 3 rings (SSSR count). The molecule has 0 unspecified atom stereocenters. The first-order valence-electron chi connectivity index (χ1n) is 9.11. The third-order valence-corrected chi connectivity index (χ3v) is 4.69. The van der Waals surface area contributed by atoms with E-state index in [9.17, 15) is 25.0 Å². The number of esters is 1. The second-order valence-corrected chi connectivity index (χ2v) is 6.41. The Labute approximate surface area is 166 Å². The molecule has 0 amide bonds. The maximum atomic E-state index is 12.0. The van der Waals surface area contributed by atoms with Crippen LogP contribution in [0.15, 0.2) is 42.5 Å². The molecule has 1 heterocycles. The lowest BCUT2D eigenvalue weighted by Gasteiger charge is -2.36. The number of hydrogen-bond acceptors (Lipinski definition) is 8. The SMILES string of the molecule is CCOC(=O)c1cc([N+](=O)[O-])c(N2CCN(c3ccccc3)CC2)c([N+](=O)[O-])c1. The van der Waals surface area contributed by atoms with E-state index >= 15 is 0 Å². The number of anilines is 2. The summed E-state index contributed by atoms with van der Waals surface area (Å²) in [6, 6.07) is 11.8. The van der Waals surface area contributed by atoms with Gasteiger partial charge in [-0.2, -0.15) is 0 Å². The Morgan fingerprint density at radius 3 is 1.97 bits per heavy atom. The van der Waals surface area contributed by atoms with Crippen molar-refractivity contribution >= 4 is 28.7 Å². The van der Waals surface area contributed by atoms with Crippen molar-refractivity contribution in [1.82, 2.24) is 0 Å². The number of ether oxygens (including phenoxy) is 1. The van der Waals surface area contributed by atoms with Gasteiger partial charge in [-0.3, -0.25) is 20.2 Å². The van der Waals surface area contributed by atoms with E-state index in [0.717, 1.165) is 17.8 Å². The molecule has 0 N–H and O–H groups in total. The Kier molecular flexibility index (Phi) is 5.91. The minimum Gasteiger partial charge on any atom is -0.462 e. The second-order valence-electron chi connectivity index (χ2n) is 6.41. The largest absolute Gasteiger partial charge is 0.462 e. The third kappa shape index (κ3) is 4.26. The van der Waals surface area contributed by atoms with Gasteiger partial charge in [0.1, 0.15) is 0 Å². The summed E-state index contributed by atoms with van der Waals surface area (Å²) in [5.41, 5.74) is -0.225. The summed E-state index contributed by atoms with van der Waals surface area (Å²) in [5.74, 6) is -0.834. The summed E-state index contributed by atoms with van der Waals surface area (Å²) in [5, 5.41) is 23.3. The highest BCUT2D eigenvalue weighted by Gasteiger charge is 2.34. The Morgan fingerprint density at radius 2 is 1.48 bits per heavy atom. The summed E-state index contributed by atoms with van der Waals surface area (Å²) in [6.45, 7) is 3.49. The van der Waals surface area contributed by atoms with E-state index in [1.165, 1.54) is 0 Å². The molecule has 1 aliphatic rings. The van der Waals surface area contributed by atoms with E-state index in [-0.39, 0.29) is 17.9 Å². The topological polar surface area (TPSA) is 119 Å². The summed E-state index contributed by atoms with van der Waals surface area (Å²) in [7, 11) is 0. The molecule has 0 spiro atoms. The highest BCUT2D eigenvalue weighted by atomic mass is 16.6. The molecule has 2 aromatic carbocycles. The quantitative estimate of drug-likeness (QED) is 0.412. The standard InChI is InChI=1S/C19H20N4O6/c1-2-29-19(24)14-12-16(22(25)26)18(17(13-14)23(27)28)21-10-8-20(9-11-21)15-6-4-3-5-7-15/h3-7,12-13H,2,8-11H2,1H3. The molecular formula is C19H20N4O6. The Bertz CT molecular complexity index is 891. The lowest BCUT2D eigenvalue weighted by Crippen LogP contribution is -2.46. The fourth-order valence-electron chi connectivity index (χ4n) is 3.37. The number of rotatable bonds is 6. The molecule has 1 fully saturated rings. The predicted molar refractivity (Wildman–Crippen MR) is 107 cm³/mol. The molecule has 0 atom stereocenters. The first-order valence-corrected chi connectivity index (χ1v) is 9.11. The molecule has 152 valence electrons. The van der Waals surface area contributed by atoms with Crippen molar-refractivity contribution in [2.24, 2.45) is 0 Å². The lowest BCUT2D eigenvalue weighted by molar-refractivity contribution is -0.392. The Morgan fingerprint density at radius 1 is 0.966 bits per heavy atom. The molecule has 29 heavy (non-hydrogen) atoms. The van der Waals surface area contributed by atoms with Crippen LogP contribution in [0.2, 0.25) is 0 Å². The van der Waals surface area contributed by atoms with Crippen molar-refractivity contribution < 1.29 is 19.4 Å². The molecule has 0 bridgehead atoms. The number of benzene rings is 2. The number of para-hydroxylation sites is 1. The summed E-state index contributed by atoms with van der Waals surface area (Å²) >= 11 is 0. The Balaban J connectivity index is 1.95. The fourth-order valence-corrected chi connectivity index (χ4v) is 3.37. The van der Waals surface area contributed by atoms with Crippen LogP contribution in [0.3, 0.4) is 0 Å². The average molecular weight is 400 g/mol. The van der Waals surface area contributed by atoms with Crippen LogP contribution >= 0.6 is 0 Å². The van der Waals surface area contributed by atoms with Crippen molar-refractivity contribution in [3.63, 3.8) is 0 Å². The van der Waals surface area contributed by atoms with Gasteiger partial charge >= 0.3 is 17.3 Å². The monoisotopic (exact) mass is 400 g/mol. The van der Waals surface area contributed by atoms with Crippen LogP contribution in [-0.4, -0.2) is 48.6 Å². The highest BCUT2D eigenvalue weighted by molar-refractivity contribution is 5.94. The molecule has 1 saturated heterocycles. The van der Waals surface area contributed by atoms with Gasteiger partial charge in [0.2, 0.25) is 0 Å². The second kappa shape index (κ2) is 8.55. The normalized spacial score (nSPS) is 13.8. The molecule has 0 radical (unpaired) electrons. The fraction of sp³-hybridized carbons (Fsp3) is 0.316. The van der Waals surface area contributed by atoms with Crippen molar-refractivity contribution in [3.05, 3.63) is 68.3 Å². The summed E-state index contributed by atoms with van der Waals surface area (Å²) in [4.78, 5) is 37.6. The van der Waals surface area contributed by atoms with Crippen molar-refractivity contribution in [1.29, 1.82) is 0 Å². The van der Waals surface area contributed by atoms with Crippen LogP contribution in [0.5, 0.6) is 0 Å². The van der Waals surface area contributed by atoms with E-state index in [1.807, 2.05) is 30.3 Å². The molecule has 0 aliphatic carbocycles. The molecule has 0 aromatic heterocycles. The number of carbonyl (C=O) groups excluding carboxylic acids is 1. The third-order valence-electron chi connectivity index (χ3n) is 4.69. The van der Waals surface area contributed by atoms with Crippen LogP contribution in [-0.2, 0) is 4.74 Å². The van der Waals surface area contributed by atoms with Gasteiger partial charge in [-0.25, -0.2) is 4.79 Å². The van der Waals surface area contributed by atoms with Crippen molar-refractivity contribution in [2.45, 2.75) is 6.92 Å². The number of carbonyl (C=O) groups is 1. The van der Waals surface area contributed by atoms with Gasteiger partial charge in [0.15, 0.2) is 5.69 Å². The Hall–Kier alpha value is -3.69. The van der Waals surface area contributed by atoms with Crippen LogP contribution in [0, 0.1) is 20.2 Å². The minimum atomic E-state index is -0.834. The molecular weight excluding hydrogens is 380 g/mol. The average Bonchev–Trinajstić information content (AvgIpc) is 2.73. The number of nitro groups is 2. The van der Waals surface area contributed by atoms with Gasteiger partial charge in [0.25, 0.3) is 0 Å². The summed E-state index contributed by atoms with van der Waals surface area (Å²) in [6.07, 6.45) is 0. The molecule has 1 aliphatic heterocycles. The highest BCUT2D eigenvalue weighted by Crippen LogP contribution is 2.39. The first-order chi connectivity index (χ1) is 13.9. The molecule has 0 saturated carbocycles. The zero-order valence-corrected chi connectivity index (χ0v) is 15.8. The molecule has 10 nitrogen and oxygen atoms in total. The van der Waals surface area contributed by atoms with Gasteiger partial charge in [-0.1, -0.05) is 18.2 Å².